The second-order valence-electron chi connectivity index (χ2n) is 5.41. The first-order chi connectivity index (χ1) is 12.8. The molecule has 27 heavy (non-hydrogen) atoms. The van der Waals surface area contributed by atoms with Crippen molar-refractivity contribution in [2.75, 3.05) is 19.7 Å². The van der Waals surface area contributed by atoms with E-state index in [0.717, 1.165) is 16.6 Å². The van der Waals surface area contributed by atoms with Gasteiger partial charge in [-0.3, -0.25) is 9.59 Å². The van der Waals surface area contributed by atoms with Crippen molar-refractivity contribution in [3.05, 3.63) is 64.1 Å². The van der Waals surface area contributed by atoms with Crippen LogP contribution in [0, 0.1) is 0 Å². The summed E-state index contributed by atoms with van der Waals surface area (Å²) >= 11 is 3.26. The summed E-state index contributed by atoms with van der Waals surface area (Å²) in [4.78, 5) is 23.6. The number of benzene rings is 2. The molecule has 2 aromatic carbocycles. The van der Waals surface area contributed by atoms with E-state index in [0.29, 0.717) is 5.56 Å². The highest BCUT2D eigenvalue weighted by molar-refractivity contribution is 9.10. The van der Waals surface area contributed by atoms with Gasteiger partial charge in [-0.1, -0.05) is 22.0 Å². The van der Waals surface area contributed by atoms with Crippen LogP contribution >= 0.6 is 15.9 Å². The van der Waals surface area contributed by atoms with E-state index in [1.807, 2.05) is 0 Å². The second-order valence-corrected chi connectivity index (χ2v) is 6.33. The van der Waals surface area contributed by atoms with E-state index >= 15 is 0 Å². The van der Waals surface area contributed by atoms with Gasteiger partial charge < -0.3 is 15.4 Å². The number of ether oxygens (including phenoxy) is 1. The van der Waals surface area contributed by atoms with Crippen LogP contribution in [0.4, 0.5) is 13.2 Å². The molecular formula is C18H16BrF3N2O3. The summed E-state index contributed by atoms with van der Waals surface area (Å²) in [5.74, 6) is -0.526. The first-order valence-electron chi connectivity index (χ1n) is 7.86. The molecule has 2 rings (SSSR count). The van der Waals surface area contributed by atoms with E-state index in [9.17, 15) is 22.8 Å². The van der Waals surface area contributed by atoms with Gasteiger partial charge in [0.2, 0.25) is 5.91 Å². The standard InChI is InChI=1S/C18H16BrF3N2O3/c19-14-3-1-2-12(10-14)17(26)24-11-16(25)23-8-9-27-15-6-4-13(5-7-15)18(20,21)22/h1-7,10H,8-9,11H2,(H,23,25)(H,24,26). The van der Waals surface area contributed by atoms with Crippen molar-refractivity contribution in [3.63, 3.8) is 0 Å². The highest BCUT2D eigenvalue weighted by Crippen LogP contribution is 2.30. The number of halogens is 4. The summed E-state index contributed by atoms with van der Waals surface area (Å²) in [7, 11) is 0. The molecule has 0 heterocycles. The van der Waals surface area contributed by atoms with Crippen LogP contribution in [0.15, 0.2) is 53.0 Å². The lowest BCUT2D eigenvalue weighted by Gasteiger charge is -2.10. The maximum absolute atomic E-state index is 12.5. The van der Waals surface area contributed by atoms with Gasteiger partial charge in [0.25, 0.3) is 5.91 Å². The van der Waals surface area contributed by atoms with Gasteiger partial charge in [0.15, 0.2) is 0 Å². The minimum absolute atomic E-state index is 0.0800. The molecule has 2 aromatic rings. The van der Waals surface area contributed by atoms with E-state index in [2.05, 4.69) is 26.6 Å². The fourth-order valence-corrected chi connectivity index (χ4v) is 2.45. The summed E-state index contributed by atoms with van der Waals surface area (Å²) in [6.07, 6.45) is -4.40. The Hall–Kier alpha value is -2.55. The number of carbonyl (C=O) groups is 2. The number of alkyl halides is 3. The van der Waals surface area contributed by atoms with Crippen LogP contribution in [0.2, 0.25) is 0 Å². The lowest BCUT2D eigenvalue weighted by atomic mass is 10.2. The summed E-state index contributed by atoms with van der Waals surface area (Å²) in [6.45, 7) is 0.0227. The quantitative estimate of drug-likeness (QED) is 0.643. The number of rotatable bonds is 7. The van der Waals surface area contributed by atoms with Crippen molar-refractivity contribution >= 4 is 27.7 Å². The molecule has 0 saturated heterocycles. The monoisotopic (exact) mass is 444 g/mol. The first-order valence-corrected chi connectivity index (χ1v) is 8.65. The molecule has 0 aliphatic carbocycles. The molecular weight excluding hydrogens is 429 g/mol. The molecule has 0 fully saturated rings. The van der Waals surface area contributed by atoms with Crippen molar-refractivity contribution in [1.29, 1.82) is 0 Å². The third-order valence-corrected chi connectivity index (χ3v) is 3.86. The first kappa shape index (κ1) is 20.8. The zero-order valence-electron chi connectivity index (χ0n) is 14.0. The number of carbonyl (C=O) groups excluding carboxylic acids is 2. The Balaban J connectivity index is 1.67. The topological polar surface area (TPSA) is 67.4 Å². The Morgan fingerprint density at radius 3 is 2.37 bits per heavy atom. The molecule has 0 radical (unpaired) electrons. The molecule has 9 heteroatoms. The summed E-state index contributed by atoms with van der Waals surface area (Å²) in [5, 5.41) is 5.02. The SMILES string of the molecule is O=C(CNC(=O)c1cccc(Br)c1)NCCOc1ccc(C(F)(F)F)cc1. The predicted octanol–water partition coefficient (Wildman–Crippen LogP) is 3.39. The fourth-order valence-electron chi connectivity index (χ4n) is 2.05. The highest BCUT2D eigenvalue weighted by Gasteiger charge is 2.29. The minimum Gasteiger partial charge on any atom is -0.492 e. The normalized spacial score (nSPS) is 11.0. The van der Waals surface area contributed by atoms with Gasteiger partial charge in [-0.05, 0) is 42.5 Å². The molecule has 0 aromatic heterocycles. The predicted molar refractivity (Wildman–Crippen MR) is 96.4 cm³/mol. The summed E-state index contributed by atoms with van der Waals surface area (Å²) in [5.41, 5.74) is -0.341. The Morgan fingerprint density at radius 1 is 1.04 bits per heavy atom. The average Bonchev–Trinajstić information content (AvgIpc) is 2.63. The molecule has 144 valence electrons. The van der Waals surface area contributed by atoms with Crippen molar-refractivity contribution in [1.82, 2.24) is 10.6 Å². The molecule has 0 spiro atoms. The smallest absolute Gasteiger partial charge is 0.416 e. The van der Waals surface area contributed by atoms with Crippen LogP contribution in [-0.4, -0.2) is 31.5 Å². The number of hydrogen-bond acceptors (Lipinski definition) is 3. The van der Waals surface area contributed by atoms with Gasteiger partial charge in [-0.15, -0.1) is 0 Å². The van der Waals surface area contributed by atoms with Crippen LogP contribution < -0.4 is 15.4 Å². The molecule has 0 atom stereocenters. The molecule has 0 saturated carbocycles. The van der Waals surface area contributed by atoms with Crippen molar-refractivity contribution in [3.8, 4) is 5.75 Å². The Labute approximate surface area is 162 Å². The Kier molecular flexibility index (Phi) is 7.23. The van der Waals surface area contributed by atoms with E-state index in [-0.39, 0.29) is 31.4 Å². The zero-order chi connectivity index (χ0) is 19.9. The van der Waals surface area contributed by atoms with Crippen molar-refractivity contribution < 1.29 is 27.5 Å². The van der Waals surface area contributed by atoms with Crippen LogP contribution in [-0.2, 0) is 11.0 Å². The third kappa shape index (κ3) is 6.93. The maximum atomic E-state index is 12.5. The second kappa shape index (κ2) is 9.40. The third-order valence-electron chi connectivity index (χ3n) is 3.37. The van der Waals surface area contributed by atoms with E-state index in [1.165, 1.54) is 12.1 Å². The molecule has 0 bridgehead atoms. The van der Waals surface area contributed by atoms with E-state index in [1.54, 1.807) is 24.3 Å². The summed E-state index contributed by atoms with van der Waals surface area (Å²) < 4.78 is 43.4. The van der Waals surface area contributed by atoms with E-state index in [4.69, 9.17) is 4.74 Å². The number of amides is 2. The Morgan fingerprint density at radius 2 is 1.74 bits per heavy atom. The number of hydrogen-bond donors (Lipinski definition) is 2. The van der Waals surface area contributed by atoms with E-state index < -0.39 is 17.6 Å². The zero-order valence-corrected chi connectivity index (χ0v) is 15.6. The van der Waals surface area contributed by atoms with Gasteiger partial charge >= 0.3 is 6.18 Å². The number of nitrogens with one attached hydrogen (secondary N) is 2. The molecule has 0 aliphatic heterocycles. The van der Waals surface area contributed by atoms with Crippen molar-refractivity contribution in [2.24, 2.45) is 0 Å². The largest absolute Gasteiger partial charge is 0.492 e. The molecule has 0 unspecified atom stereocenters. The minimum atomic E-state index is -4.40. The van der Waals surface area contributed by atoms with Gasteiger partial charge in [-0.2, -0.15) is 13.2 Å². The van der Waals surface area contributed by atoms with Gasteiger partial charge in [-0.25, -0.2) is 0 Å². The van der Waals surface area contributed by atoms with Crippen LogP contribution in [0.1, 0.15) is 15.9 Å². The van der Waals surface area contributed by atoms with Crippen molar-refractivity contribution in [2.45, 2.75) is 6.18 Å². The molecule has 5 nitrogen and oxygen atoms in total. The van der Waals surface area contributed by atoms with Gasteiger partial charge in [0.1, 0.15) is 12.4 Å². The molecule has 2 amide bonds. The van der Waals surface area contributed by atoms with Crippen LogP contribution in [0.25, 0.3) is 0 Å². The van der Waals surface area contributed by atoms with Gasteiger partial charge in [0, 0.05) is 10.0 Å². The fraction of sp³-hybridized carbons (Fsp3) is 0.222. The highest BCUT2D eigenvalue weighted by atomic mass is 79.9. The molecule has 0 aliphatic rings. The van der Waals surface area contributed by atoms with Crippen LogP contribution in [0.3, 0.4) is 0 Å². The Bertz CT molecular complexity index is 795. The lowest BCUT2D eigenvalue weighted by molar-refractivity contribution is -0.137. The lowest BCUT2D eigenvalue weighted by Crippen LogP contribution is -2.38. The van der Waals surface area contributed by atoms with Gasteiger partial charge in [0.05, 0.1) is 18.7 Å². The molecule has 2 N–H and O–H groups in total. The maximum Gasteiger partial charge on any atom is 0.416 e. The van der Waals surface area contributed by atoms with Crippen LogP contribution in [0.5, 0.6) is 5.75 Å². The average molecular weight is 445 g/mol. The summed E-state index contributed by atoms with van der Waals surface area (Å²) in [6, 6.07) is 11.0.